The fourth-order valence-corrected chi connectivity index (χ4v) is 3.63. The van der Waals surface area contributed by atoms with Crippen LogP contribution in [0.1, 0.15) is 63.7 Å². The lowest BCUT2D eigenvalue weighted by Gasteiger charge is -2.35. The Morgan fingerprint density at radius 2 is 1.93 bits per heavy atom. The predicted octanol–water partition coefficient (Wildman–Crippen LogP) is 3.81. The smallest absolute Gasteiger partial charge is 0.269 e. The lowest BCUT2D eigenvalue weighted by molar-refractivity contribution is 0.0942. The molecule has 0 aliphatic heterocycles. The van der Waals surface area contributed by atoms with Crippen LogP contribution in [0.2, 0.25) is 0 Å². The summed E-state index contributed by atoms with van der Waals surface area (Å²) in [5, 5.41) is 3.77. The van der Waals surface area contributed by atoms with Gasteiger partial charge in [0.1, 0.15) is 0 Å². The third-order valence-corrected chi connectivity index (χ3v) is 5.50. The highest BCUT2D eigenvalue weighted by Crippen LogP contribution is 2.30. The average molecular weight is 408 g/mol. The van der Waals surface area contributed by atoms with Crippen molar-refractivity contribution in [2.75, 3.05) is 13.2 Å². The normalized spacial score (nSPS) is 21.5. The summed E-state index contributed by atoms with van der Waals surface area (Å²) in [6.45, 7) is 9.57. The van der Waals surface area contributed by atoms with Gasteiger partial charge in [-0.25, -0.2) is 0 Å². The second-order valence-electron chi connectivity index (χ2n) is 7.37. The van der Waals surface area contributed by atoms with Crippen molar-refractivity contribution in [3.63, 3.8) is 0 Å². The molecule has 1 fully saturated rings. The van der Waals surface area contributed by atoms with Crippen LogP contribution in [-0.4, -0.2) is 30.3 Å². The van der Waals surface area contributed by atoms with Crippen molar-refractivity contribution in [1.29, 1.82) is 0 Å². The van der Waals surface area contributed by atoms with Crippen LogP contribution in [0.25, 0.3) is 0 Å². The number of hydrogen-bond acceptors (Lipinski definition) is 4. The fraction of sp³-hybridized carbons (Fsp3) is 0.619. The second-order valence-corrected chi connectivity index (χ2v) is 7.78. The van der Waals surface area contributed by atoms with Crippen molar-refractivity contribution in [3.05, 3.63) is 23.8 Å². The number of nitrogens with one attached hydrogen (secondary N) is 3. The van der Waals surface area contributed by atoms with E-state index in [0.29, 0.717) is 53.3 Å². The van der Waals surface area contributed by atoms with E-state index >= 15 is 0 Å². The SMILES string of the molecule is CCCOc1ccc(C(=O)NNC(=S)N[C@H]2CCC[C@@H](C)[C@@H]2C)cc1OCC. The van der Waals surface area contributed by atoms with Crippen LogP contribution in [0.4, 0.5) is 0 Å². The Bertz CT molecular complexity index is 668. The first-order valence-electron chi connectivity index (χ1n) is 10.2. The minimum Gasteiger partial charge on any atom is -0.490 e. The molecule has 0 radical (unpaired) electrons. The Kier molecular flexibility index (Phi) is 8.83. The molecule has 1 aromatic rings. The van der Waals surface area contributed by atoms with Crippen LogP contribution < -0.4 is 25.6 Å². The van der Waals surface area contributed by atoms with Gasteiger partial charge in [-0.3, -0.25) is 15.6 Å². The van der Waals surface area contributed by atoms with Crippen molar-refractivity contribution in [3.8, 4) is 11.5 Å². The van der Waals surface area contributed by atoms with Crippen molar-refractivity contribution < 1.29 is 14.3 Å². The van der Waals surface area contributed by atoms with Crippen LogP contribution in [0.5, 0.6) is 11.5 Å². The molecule has 1 saturated carbocycles. The zero-order valence-corrected chi connectivity index (χ0v) is 18.2. The Balaban J connectivity index is 1.91. The molecule has 7 heteroatoms. The zero-order valence-electron chi connectivity index (χ0n) is 17.3. The molecule has 28 heavy (non-hydrogen) atoms. The van der Waals surface area contributed by atoms with Gasteiger partial charge >= 0.3 is 0 Å². The third kappa shape index (κ3) is 6.26. The number of thiocarbonyl (C=S) groups is 1. The minimum atomic E-state index is -0.280. The maximum atomic E-state index is 12.5. The van der Waals surface area contributed by atoms with Crippen molar-refractivity contribution in [2.24, 2.45) is 11.8 Å². The molecule has 0 heterocycles. The van der Waals surface area contributed by atoms with E-state index < -0.39 is 0 Å². The van der Waals surface area contributed by atoms with Gasteiger partial charge in [0.25, 0.3) is 5.91 Å². The number of ether oxygens (including phenoxy) is 2. The summed E-state index contributed by atoms with van der Waals surface area (Å²) in [5.41, 5.74) is 5.94. The lowest BCUT2D eigenvalue weighted by atomic mass is 9.78. The first kappa shape index (κ1) is 22.3. The molecular weight excluding hydrogens is 374 g/mol. The maximum absolute atomic E-state index is 12.5. The van der Waals surface area contributed by atoms with Gasteiger partial charge in [0, 0.05) is 11.6 Å². The molecule has 0 saturated heterocycles. The van der Waals surface area contributed by atoms with Gasteiger partial charge in [0.2, 0.25) is 0 Å². The van der Waals surface area contributed by atoms with E-state index in [1.807, 2.05) is 13.8 Å². The molecule has 0 aromatic heterocycles. The molecule has 1 aliphatic carbocycles. The Labute approximate surface area is 173 Å². The first-order chi connectivity index (χ1) is 13.5. The lowest BCUT2D eigenvalue weighted by Crippen LogP contribution is -2.52. The summed E-state index contributed by atoms with van der Waals surface area (Å²) in [7, 11) is 0. The Morgan fingerprint density at radius 3 is 2.64 bits per heavy atom. The highest BCUT2D eigenvalue weighted by atomic mass is 32.1. The van der Waals surface area contributed by atoms with E-state index in [2.05, 4.69) is 30.0 Å². The zero-order chi connectivity index (χ0) is 20.5. The largest absolute Gasteiger partial charge is 0.490 e. The van der Waals surface area contributed by atoms with Gasteiger partial charge in [0.15, 0.2) is 16.6 Å². The van der Waals surface area contributed by atoms with E-state index in [1.165, 1.54) is 12.8 Å². The molecule has 2 rings (SSSR count). The Hall–Kier alpha value is -2.02. The van der Waals surface area contributed by atoms with E-state index in [1.54, 1.807) is 18.2 Å². The summed E-state index contributed by atoms with van der Waals surface area (Å²) in [5.74, 6) is 2.15. The number of hydrogen-bond donors (Lipinski definition) is 3. The van der Waals surface area contributed by atoms with Gasteiger partial charge < -0.3 is 14.8 Å². The standard InChI is InChI=1S/C21H33N3O3S/c1-5-12-27-18-11-10-16(13-19(18)26-6-2)20(25)23-24-21(28)22-17-9-7-8-14(3)15(17)4/h10-11,13-15,17H,5-9,12H2,1-4H3,(H,23,25)(H2,22,24,28)/t14-,15+,17+/m1/s1. The van der Waals surface area contributed by atoms with E-state index in [0.717, 1.165) is 12.8 Å². The van der Waals surface area contributed by atoms with Crippen molar-refractivity contribution in [1.82, 2.24) is 16.2 Å². The highest BCUT2D eigenvalue weighted by molar-refractivity contribution is 7.80. The number of carbonyl (C=O) groups excluding carboxylic acids is 1. The molecule has 0 spiro atoms. The monoisotopic (exact) mass is 407 g/mol. The molecule has 1 aromatic carbocycles. The molecule has 6 nitrogen and oxygen atoms in total. The van der Waals surface area contributed by atoms with Gasteiger partial charge in [-0.1, -0.05) is 33.6 Å². The predicted molar refractivity (Wildman–Crippen MR) is 116 cm³/mol. The number of benzene rings is 1. The third-order valence-electron chi connectivity index (χ3n) is 5.28. The van der Waals surface area contributed by atoms with Gasteiger partial charge in [-0.05, 0) is 62.0 Å². The molecule has 3 atom stereocenters. The minimum absolute atomic E-state index is 0.280. The number of hydrazine groups is 1. The van der Waals surface area contributed by atoms with Crippen LogP contribution in [-0.2, 0) is 0 Å². The van der Waals surface area contributed by atoms with Gasteiger partial charge in [-0.15, -0.1) is 0 Å². The fourth-order valence-electron chi connectivity index (χ4n) is 3.42. The van der Waals surface area contributed by atoms with Gasteiger partial charge in [-0.2, -0.15) is 0 Å². The summed E-state index contributed by atoms with van der Waals surface area (Å²) in [4.78, 5) is 12.5. The Morgan fingerprint density at radius 1 is 1.14 bits per heavy atom. The highest BCUT2D eigenvalue weighted by Gasteiger charge is 2.27. The molecular formula is C21H33N3O3S. The number of carbonyl (C=O) groups is 1. The van der Waals surface area contributed by atoms with E-state index in [4.69, 9.17) is 21.7 Å². The molecule has 3 N–H and O–H groups in total. The molecule has 1 aliphatic rings. The number of amides is 1. The quantitative estimate of drug-likeness (QED) is 0.472. The van der Waals surface area contributed by atoms with E-state index in [-0.39, 0.29) is 5.91 Å². The van der Waals surface area contributed by atoms with Crippen LogP contribution in [0.15, 0.2) is 18.2 Å². The van der Waals surface area contributed by atoms with Crippen LogP contribution in [0.3, 0.4) is 0 Å². The molecule has 0 unspecified atom stereocenters. The summed E-state index contributed by atoms with van der Waals surface area (Å²) >= 11 is 5.35. The van der Waals surface area contributed by atoms with Gasteiger partial charge in [0.05, 0.1) is 13.2 Å². The molecule has 156 valence electrons. The van der Waals surface area contributed by atoms with Crippen LogP contribution in [0, 0.1) is 11.8 Å². The van der Waals surface area contributed by atoms with Crippen molar-refractivity contribution in [2.45, 2.75) is 59.4 Å². The van der Waals surface area contributed by atoms with Crippen LogP contribution >= 0.6 is 12.2 Å². The maximum Gasteiger partial charge on any atom is 0.269 e. The summed E-state index contributed by atoms with van der Waals surface area (Å²) < 4.78 is 11.3. The average Bonchev–Trinajstić information content (AvgIpc) is 2.69. The summed E-state index contributed by atoms with van der Waals surface area (Å²) in [6, 6.07) is 5.50. The van der Waals surface area contributed by atoms with E-state index in [9.17, 15) is 4.79 Å². The summed E-state index contributed by atoms with van der Waals surface area (Å²) in [6.07, 6.45) is 4.46. The first-order valence-corrected chi connectivity index (χ1v) is 10.6. The second kappa shape index (κ2) is 11.1. The number of rotatable bonds is 7. The molecule has 1 amide bonds. The topological polar surface area (TPSA) is 71.6 Å². The van der Waals surface area contributed by atoms with Crippen molar-refractivity contribution >= 4 is 23.2 Å². The molecule has 0 bridgehead atoms.